The van der Waals surface area contributed by atoms with Gasteiger partial charge in [0.2, 0.25) is 0 Å². The Bertz CT molecular complexity index is 800. The van der Waals surface area contributed by atoms with Gasteiger partial charge in [0.1, 0.15) is 5.75 Å². The molecular weight excluding hydrogens is 353 g/mol. The van der Waals surface area contributed by atoms with Crippen molar-refractivity contribution >= 4 is 17.3 Å². The molecule has 0 spiro atoms. The van der Waals surface area contributed by atoms with Crippen molar-refractivity contribution < 1.29 is 32.5 Å². The van der Waals surface area contributed by atoms with Gasteiger partial charge in [0.15, 0.2) is 5.75 Å². The fraction of sp³-hybridized carbons (Fsp3) is 0.118. The van der Waals surface area contributed by atoms with E-state index in [4.69, 9.17) is 4.89 Å². The van der Waals surface area contributed by atoms with Crippen molar-refractivity contribution in [2.24, 2.45) is 10.2 Å². The topological polar surface area (TPSA) is 69.5 Å². The summed E-state index contributed by atoms with van der Waals surface area (Å²) >= 11 is 0. The van der Waals surface area contributed by atoms with Crippen molar-refractivity contribution in [3.63, 3.8) is 0 Å². The van der Waals surface area contributed by atoms with Crippen LogP contribution in [0, 0.1) is 0 Å². The Morgan fingerprint density at radius 1 is 0.923 bits per heavy atom. The molecule has 2 rings (SSSR count). The first kappa shape index (κ1) is 19.0. The number of halogens is 3. The molecule has 0 N–H and O–H groups in total. The minimum absolute atomic E-state index is 0.196. The second kappa shape index (κ2) is 8.15. The average molecular weight is 366 g/mol. The zero-order valence-electron chi connectivity index (χ0n) is 13.5. The first-order chi connectivity index (χ1) is 12.2. The number of rotatable bonds is 6. The van der Waals surface area contributed by atoms with Crippen LogP contribution < -0.4 is 9.62 Å². The molecule has 0 aromatic heterocycles. The van der Waals surface area contributed by atoms with Gasteiger partial charge in [0.05, 0.1) is 11.4 Å². The van der Waals surface area contributed by atoms with Crippen molar-refractivity contribution in [2.75, 3.05) is 0 Å². The number of benzene rings is 2. The minimum Gasteiger partial charge on any atom is -0.406 e. The Morgan fingerprint density at radius 3 is 1.81 bits per heavy atom. The molecule has 0 saturated carbocycles. The average Bonchev–Trinajstić information content (AvgIpc) is 2.58. The molecule has 9 heteroatoms. The number of carbonyl (C=O) groups is 1. The number of ether oxygens (including phenoxy) is 1. The molecule has 0 atom stereocenters. The SMILES string of the molecule is C=C(C)C(=O)OOc1ccc(N=Nc2ccc(OC(F)(F)F)cc2)cc1. The molecule has 0 unspecified atom stereocenters. The molecule has 0 amide bonds. The fourth-order valence-corrected chi connectivity index (χ4v) is 1.56. The number of alkyl halides is 3. The maximum atomic E-state index is 12.1. The third-order valence-corrected chi connectivity index (χ3v) is 2.75. The highest BCUT2D eigenvalue weighted by Crippen LogP contribution is 2.26. The Balaban J connectivity index is 1.93. The summed E-state index contributed by atoms with van der Waals surface area (Å²) < 4.78 is 40.0. The molecule has 26 heavy (non-hydrogen) atoms. The third kappa shape index (κ3) is 6.27. The molecule has 6 nitrogen and oxygen atoms in total. The van der Waals surface area contributed by atoms with Crippen molar-refractivity contribution in [1.82, 2.24) is 0 Å². The second-order valence-electron chi connectivity index (χ2n) is 4.97. The van der Waals surface area contributed by atoms with Gasteiger partial charge in [0.25, 0.3) is 0 Å². The molecule has 0 fully saturated rings. The molecule has 0 aliphatic heterocycles. The molecule has 2 aromatic rings. The maximum absolute atomic E-state index is 12.1. The molecule has 0 aliphatic rings. The lowest BCUT2D eigenvalue weighted by molar-refractivity contribution is -0.274. The zero-order valence-corrected chi connectivity index (χ0v) is 13.5. The Kier molecular flexibility index (Phi) is 5.94. The zero-order chi connectivity index (χ0) is 19.2. The van der Waals surface area contributed by atoms with Gasteiger partial charge in [-0.25, -0.2) is 9.68 Å². The van der Waals surface area contributed by atoms with Crippen LogP contribution in [0.2, 0.25) is 0 Å². The highest BCUT2D eigenvalue weighted by atomic mass is 19.4. The monoisotopic (exact) mass is 366 g/mol. The summed E-state index contributed by atoms with van der Waals surface area (Å²) in [4.78, 5) is 20.5. The highest BCUT2D eigenvalue weighted by Gasteiger charge is 2.30. The van der Waals surface area contributed by atoms with Crippen LogP contribution in [0.4, 0.5) is 24.5 Å². The second-order valence-corrected chi connectivity index (χ2v) is 4.97. The van der Waals surface area contributed by atoms with Crippen molar-refractivity contribution in [3.8, 4) is 11.5 Å². The molecule has 136 valence electrons. The summed E-state index contributed by atoms with van der Waals surface area (Å²) in [6.07, 6.45) is -4.74. The van der Waals surface area contributed by atoms with Gasteiger partial charge in [-0.2, -0.15) is 10.2 Å². The number of hydrogen-bond donors (Lipinski definition) is 0. The van der Waals surface area contributed by atoms with E-state index in [2.05, 4.69) is 26.4 Å². The van der Waals surface area contributed by atoms with E-state index in [1.807, 2.05) is 0 Å². The van der Waals surface area contributed by atoms with E-state index in [0.717, 1.165) is 12.1 Å². The summed E-state index contributed by atoms with van der Waals surface area (Å²) in [6, 6.07) is 11.0. The van der Waals surface area contributed by atoms with Crippen LogP contribution >= 0.6 is 0 Å². The van der Waals surface area contributed by atoms with Crippen molar-refractivity contribution in [1.29, 1.82) is 0 Å². The summed E-state index contributed by atoms with van der Waals surface area (Å²) in [5.74, 6) is -0.763. The summed E-state index contributed by atoms with van der Waals surface area (Å²) in [6.45, 7) is 4.90. The van der Waals surface area contributed by atoms with E-state index < -0.39 is 12.3 Å². The Morgan fingerprint density at radius 2 is 1.38 bits per heavy atom. The lowest BCUT2D eigenvalue weighted by Crippen LogP contribution is -2.16. The van der Waals surface area contributed by atoms with E-state index in [-0.39, 0.29) is 17.1 Å². The number of nitrogens with zero attached hydrogens (tertiary/aromatic N) is 2. The maximum Gasteiger partial charge on any atom is 0.573 e. The summed E-state index contributed by atoms with van der Waals surface area (Å²) in [5, 5.41) is 7.82. The standard InChI is InChI=1S/C17H13F3N2O4/c1-11(2)16(23)26-25-15-9-5-13(6-10-15)22-21-12-3-7-14(8-4-12)24-17(18,19)20/h3-10H,1H2,2H3. The predicted octanol–water partition coefficient (Wildman–Crippen LogP) is 5.41. The quantitative estimate of drug-likeness (QED) is 0.296. The molecule has 0 radical (unpaired) electrons. The molecule has 0 heterocycles. The number of hydrogen-bond acceptors (Lipinski definition) is 6. The van der Waals surface area contributed by atoms with Crippen LogP contribution in [0.1, 0.15) is 6.92 Å². The van der Waals surface area contributed by atoms with Crippen molar-refractivity contribution in [2.45, 2.75) is 13.3 Å². The van der Waals surface area contributed by atoms with E-state index >= 15 is 0 Å². The van der Waals surface area contributed by atoms with Gasteiger partial charge in [-0.05, 0) is 55.5 Å². The first-order valence-electron chi connectivity index (χ1n) is 7.15. The summed E-state index contributed by atoms with van der Waals surface area (Å²) in [7, 11) is 0. The van der Waals surface area contributed by atoms with Crippen LogP contribution in [0.25, 0.3) is 0 Å². The number of azo groups is 1. The normalized spacial score (nSPS) is 11.2. The van der Waals surface area contributed by atoms with Crippen LogP contribution in [0.5, 0.6) is 11.5 Å². The largest absolute Gasteiger partial charge is 0.573 e. The predicted molar refractivity (Wildman–Crippen MR) is 85.3 cm³/mol. The molecular formula is C17H13F3N2O4. The Hall–Kier alpha value is -3.36. The van der Waals surface area contributed by atoms with Gasteiger partial charge in [-0.1, -0.05) is 6.58 Å². The number of carbonyl (C=O) groups excluding carboxylic acids is 1. The molecule has 0 saturated heterocycles. The third-order valence-electron chi connectivity index (χ3n) is 2.75. The minimum atomic E-state index is -4.74. The Labute approximate surface area is 146 Å². The summed E-state index contributed by atoms with van der Waals surface area (Å²) in [5.41, 5.74) is 0.997. The highest BCUT2D eigenvalue weighted by molar-refractivity contribution is 5.86. The fourth-order valence-electron chi connectivity index (χ4n) is 1.56. The first-order valence-corrected chi connectivity index (χ1v) is 7.15. The lowest BCUT2D eigenvalue weighted by atomic mass is 10.3. The molecule has 0 bridgehead atoms. The van der Waals surface area contributed by atoms with Gasteiger partial charge in [0, 0.05) is 5.57 Å². The van der Waals surface area contributed by atoms with Gasteiger partial charge in [-0.3, -0.25) is 4.89 Å². The van der Waals surface area contributed by atoms with Crippen LogP contribution in [0.3, 0.4) is 0 Å². The van der Waals surface area contributed by atoms with Crippen LogP contribution in [0.15, 0.2) is 70.9 Å². The van der Waals surface area contributed by atoms with Crippen LogP contribution in [-0.2, 0) is 9.68 Å². The van der Waals surface area contributed by atoms with Crippen molar-refractivity contribution in [3.05, 3.63) is 60.7 Å². The van der Waals surface area contributed by atoms with E-state index in [9.17, 15) is 18.0 Å². The van der Waals surface area contributed by atoms with E-state index in [1.165, 1.54) is 31.2 Å². The van der Waals surface area contributed by atoms with E-state index in [1.54, 1.807) is 12.1 Å². The smallest absolute Gasteiger partial charge is 0.406 e. The molecule has 0 aliphatic carbocycles. The van der Waals surface area contributed by atoms with Gasteiger partial charge in [-0.15, -0.1) is 13.2 Å². The van der Waals surface area contributed by atoms with Crippen LogP contribution in [-0.4, -0.2) is 12.3 Å². The molecule has 2 aromatic carbocycles. The lowest BCUT2D eigenvalue weighted by Gasteiger charge is -2.08. The van der Waals surface area contributed by atoms with Gasteiger partial charge >= 0.3 is 12.3 Å². The van der Waals surface area contributed by atoms with E-state index in [0.29, 0.717) is 11.4 Å². The van der Waals surface area contributed by atoms with Gasteiger partial charge < -0.3 is 4.74 Å².